The highest BCUT2D eigenvalue weighted by Crippen LogP contribution is 2.11. The molecular formula is C17H18N2O2. The quantitative estimate of drug-likeness (QED) is 0.903. The van der Waals surface area contributed by atoms with Crippen molar-refractivity contribution in [2.45, 2.75) is 20.4 Å². The molecule has 2 amide bonds. The summed E-state index contributed by atoms with van der Waals surface area (Å²) in [7, 11) is 0. The van der Waals surface area contributed by atoms with E-state index in [1.165, 1.54) is 0 Å². The van der Waals surface area contributed by atoms with E-state index in [-0.39, 0.29) is 5.91 Å². The Morgan fingerprint density at radius 1 is 1.05 bits per heavy atom. The predicted molar refractivity (Wildman–Crippen MR) is 82.0 cm³/mol. The zero-order valence-electron chi connectivity index (χ0n) is 12.1. The molecule has 0 aromatic heterocycles. The van der Waals surface area contributed by atoms with E-state index in [9.17, 15) is 9.59 Å². The molecule has 0 aliphatic rings. The van der Waals surface area contributed by atoms with Crippen LogP contribution in [0.5, 0.6) is 0 Å². The van der Waals surface area contributed by atoms with Crippen LogP contribution in [-0.2, 0) is 6.54 Å². The number of carbonyl (C=O) groups is 2. The molecule has 21 heavy (non-hydrogen) atoms. The first kappa shape index (κ1) is 14.8. The first-order valence-corrected chi connectivity index (χ1v) is 6.71. The summed E-state index contributed by atoms with van der Waals surface area (Å²) in [6, 6.07) is 12.6. The lowest BCUT2D eigenvalue weighted by Crippen LogP contribution is -2.23. The zero-order valence-corrected chi connectivity index (χ0v) is 12.1. The number of amides is 2. The van der Waals surface area contributed by atoms with Gasteiger partial charge in [0.1, 0.15) is 0 Å². The van der Waals surface area contributed by atoms with Crippen LogP contribution in [0, 0.1) is 13.8 Å². The summed E-state index contributed by atoms with van der Waals surface area (Å²) < 4.78 is 0. The van der Waals surface area contributed by atoms with Crippen molar-refractivity contribution in [2.75, 3.05) is 0 Å². The second-order valence-corrected chi connectivity index (χ2v) is 5.06. The minimum absolute atomic E-state index is 0.105. The summed E-state index contributed by atoms with van der Waals surface area (Å²) in [5, 5.41) is 2.87. The van der Waals surface area contributed by atoms with Gasteiger partial charge in [0.25, 0.3) is 5.91 Å². The fraction of sp³-hybridized carbons (Fsp3) is 0.176. The number of primary amides is 1. The van der Waals surface area contributed by atoms with Gasteiger partial charge in [-0.3, -0.25) is 9.59 Å². The molecule has 4 heteroatoms. The van der Waals surface area contributed by atoms with Gasteiger partial charge < -0.3 is 11.1 Å². The van der Waals surface area contributed by atoms with Crippen molar-refractivity contribution in [3.05, 3.63) is 70.3 Å². The lowest BCUT2D eigenvalue weighted by molar-refractivity contribution is 0.0948. The van der Waals surface area contributed by atoms with Crippen molar-refractivity contribution < 1.29 is 9.59 Å². The van der Waals surface area contributed by atoms with Gasteiger partial charge in [-0.1, -0.05) is 29.8 Å². The molecule has 0 heterocycles. The van der Waals surface area contributed by atoms with Gasteiger partial charge in [-0.05, 0) is 43.2 Å². The molecule has 2 aromatic rings. The Morgan fingerprint density at radius 3 is 2.29 bits per heavy atom. The van der Waals surface area contributed by atoms with Crippen LogP contribution in [0.1, 0.15) is 37.4 Å². The topological polar surface area (TPSA) is 72.2 Å². The Bertz CT molecular complexity index is 676. The lowest BCUT2D eigenvalue weighted by Gasteiger charge is -2.09. The smallest absolute Gasteiger partial charge is 0.251 e. The maximum Gasteiger partial charge on any atom is 0.251 e. The molecule has 0 fully saturated rings. The maximum absolute atomic E-state index is 12.1. The van der Waals surface area contributed by atoms with Crippen LogP contribution < -0.4 is 11.1 Å². The summed E-state index contributed by atoms with van der Waals surface area (Å²) >= 11 is 0. The van der Waals surface area contributed by atoms with Crippen LogP contribution >= 0.6 is 0 Å². The van der Waals surface area contributed by atoms with Gasteiger partial charge in [-0.2, -0.15) is 0 Å². The van der Waals surface area contributed by atoms with E-state index in [0.717, 1.165) is 16.7 Å². The molecule has 0 saturated carbocycles. The molecule has 0 saturated heterocycles. The molecule has 4 nitrogen and oxygen atoms in total. The third kappa shape index (κ3) is 3.69. The highest BCUT2D eigenvalue weighted by Gasteiger charge is 2.08. The first-order valence-electron chi connectivity index (χ1n) is 6.71. The molecule has 0 aliphatic carbocycles. The zero-order chi connectivity index (χ0) is 15.4. The summed E-state index contributed by atoms with van der Waals surface area (Å²) in [4.78, 5) is 23.1. The number of hydrogen-bond acceptors (Lipinski definition) is 2. The molecule has 0 radical (unpaired) electrons. The number of aryl methyl sites for hydroxylation is 2. The van der Waals surface area contributed by atoms with Gasteiger partial charge in [0.2, 0.25) is 5.91 Å². The molecule has 0 atom stereocenters. The highest BCUT2D eigenvalue weighted by molar-refractivity contribution is 5.95. The number of nitrogens with one attached hydrogen (secondary N) is 1. The fourth-order valence-corrected chi connectivity index (χ4v) is 2.13. The van der Waals surface area contributed by atoms with Crippen molar-refractivity contribution >= 4 is 11.8 Å². The standard InChI is InChI=1S/C17H18N2O2/c1-11-3-8-15(12(2)9-11)17(21)19-10-13-4-6-14(7-5-13)16(18)20/h3-9H,10H2,1-2H3,(H2,18,20)(H,19,21). The number of benzene rings is 2. The van der Waals surface area contributed by atoms with E-state index in [2.05, 4.69) is 5.32 Å². The molecule has 0 unspecified atom stereocenters. The van der Waals surface area contributed by atoms with Gasteiger partial charge in [-0.15, -0.1) is 0 Å². The maximum atomic E-state index is 12.1. The van der Waals surface area contributed by atoms with Crippen LogP contribution in [0.15, 0.2) is 42.5 Å². The van der Waals surface area contributed by atoms with Crippen molar-refractivity contribution in [3.8, 4) is 0 Å². The molecule has 0 bridgehead atoms. The van der Waals surface area contributed by atoms with Gasteiger partial charge in [0, 0.05) is 17.7 Å². The molecule has 2 rings (SSSR count). The minimum atomic E-state index is -0.458. The Kier molecular flexibility index (Phi) is 4.38. The van der Waals surface area contributed by atoms with Crippen molar-refractivity contribution in [1.29, 1.82) is 0 Å². The van der Waals surface area contributed by atoms with Gasteiger partial charge in [0.05, 0.1) is 0 Å². The average Bonchev–Trinajstić information content (AvgIpc) is 2.45. The van der Waals surface area contributed by atoms with Crippen molar-refractivity contribution in [3.63, 3.8) is 0 Å². The van der Waals surface area contributed by atoms with E-state index in [4.69, 9.17) is 5.73 Å². The molecule has 2 aromatic carbocycles. The van der Waals surface area contributed by atoms with E-state index in [1.54, 1.807) is 24.3 Å². The Labute approximate surface area is 124 Å². The second kappa shape index (κ2) is 6.22. The SMILES string of the molecule is Cc1ccc(C(=O)NCc2ccc(C(N)=O)cc2)c(C)c1. The van der Waals surface area contributed by atoms with E-state index >= 15 is 0 Å². The Balaban J connectivity index is 2.02. The number of carbonyl (C=O) groups excluding carboxylic acids is 2. The average molecular weight is 282 g/mol. The highest BCUT2D eigenvalue weighted by atomic mass is 16.2. The third-order valence-electron chi connectivity index (χ3n) is 3.32. The monoisotopic (exact) mass is 282 g/mol. The summed E-state index contributed by atoms with van der Waals surface area (Å²) in [5.41, 5.74) is 9.32. The molecule has 0 spiro atoms. The van der Waals surface area contributed by atoms with Crippen LogP contribution in [0.25, 0.3) is 0 Å². The van der Waals surface area contributed by atoms with Gasteiger partial charge >= 0.3 is 0 Å². The van der Waals surface area contributed by atoms with Crippen molar-refractivity contribution in [2.24, 2.45) is 5.73 Å². The number of nitrogens with two attached hydrogens (primary N) is 1. The molecule has 3 N–H and O–H groups in total. The van der Waals surface area contributed by atoms with E-state index < -0.39 is 5.91 Å². The molecular weight excluding hydrogens is 264 g/mol. The molecule has 108 valence electrons. The Hall–Kier alpha value is -2.62. The summed E-state index contributed by atoms with van der Waals surface area (Å²) in [6.07, 6.45) is 0. The van der Waals surface area contributed by atoms with Crippen LogP contribution in [0.2, 0.25) is 0 Å². The molecule has 0 aliphatic heterocycles. The van der Waals surface area contributed by atoms with Gasteiger partial charge in [0.15, 0.2) is 0 Å². The van der Waals surface area contributed by atoms with Crippen LogP contribution in [0.3, 0.4) is 0 Å². The summed E-state index contributed by atoms with van der Waals surface area (Å²) in [5.74, 6) is -0.563. The van der Waals surface area contributed by atoms with Crippen LogP contribution in [0.4, 0.5) is 0 Å². The number of rotatable bonds is 4. The first-order chi connectivity index (χ1) is 9.97. The second-order valence-electron chi connectivity index (χ2n) is 5.06. The summed E-state index contributed by atoms with van der Waals surface area (Å²) in [6.45, 7) is 4.32. The number of hydrogen-bond donors (Lipinski definition) is 2. The normalized spacial score (nSPS) is 10.2. The van der Waals surface area contributed by atoms with Crippen molar-refractivity contribution in [1.82, 2.24) is 5.32 Å². The van der Waals surface area contributed by atoms with Crippen LogP contribution in [-0.4, -0.2) is 11.8 Å². The third-order valence-corrected chi connectivity index (χ3v) is 3.32. The largest absolute Gasteiger partial charge is 0.366 e. The fourth-order valence-electron chi connectivity index (χ4n) is 2.13. The van der Waals surface area contributed by atoms with E-state index in [0.29, 0.717) is 17.7 Å². The predicted octanol–water partition coefficient (Wildman–Crippen LogP) is 2.33. The minimum Gasteiger partial charge on any atom is -0.366 e. The van der Waals surface area contributed by atoms with E-state index in [1.807, 2.05) is 32.0 Å². The van der Waals surface area contributed by atoms with Gasteiger partial charge in [-0.25, -0.2) is 0 Å². The lowest BCUT2D eigenvalue weighted by atomic mass is 10.1. The Morgan fingerprint density at radius 2 is 1.71 bits per heavy atom.